The maximum Gasteiger partial charge on any atom is 0.0235 e. The van der Waals surface area contributed by atoms with Crippen LogP contribution in [0.15, 0.2) is 30.3 Å². The summed E-state index contributed by atoms with van der Waals surface area (Å²) < 4.78 is 0. The first-order valence-corrected chi connectivity index (χ1v) is 7.64. The molecule has 1 aliphatic heterocycles. The van der Waals surface area contributed by atoms with Gasteiger partial charge in [-0.1, -0.05) is 37.3 Å². The highest BCUT2D eigenvalue weighted by atomic mass is 15.2. The van der Waals surface area contributed by atoms with E-state index in [9.17, 15) is 0 Å². The van der Waals surface area contributed by atoms with Crippen LogP contribution in [0.25, 0.3) is 0 Å². The van der Waals surface area contributed by atoms with E-state index in [0.717, 1.165) is 19.5 Å². The zero-order chi connectivity index (χ0) is 13.7. The normalized spacial score (nSPS) is 22.2. The van der Waals surface area contributed by atoms with Gasteiger partial charge < -0.3 is 5.32 Å². The maximum absolute atomic E-state index is 3.71. The second-order valence-corrected chi connectivity index (χ2v) is 6.31. The third-order valence-electron chi connectivity index (χ3n) is 4.52. The molecule has 0 bridgehead atoms. The van der Waals surface area contributed by atoms with Crippen molar-refractivity contribution in [2.45, 2.75) is 51.6 Å². The standard InChI is InChI=1S/C17H28N2/c1-4-17(2,3)19-12-8-11-18-16(14-19)13-15-9-6-5-7-10-15/h5-7,9-10,16,18H,4,8,11-14H2,1-3H3. The average molecular weight is 260 g/mol. The van der Waals surface area contributed by atoms with Crippen molar-refractivity contribution in [1.29, 1.82) is 0 Å². The van der Waals surface area contributed by atoms with Crippen LogP contribution in [0.2, 0.25) is 0 Å². The quantitative estimate of drug-likeness (QED) is 0.895. The highest BCUT2D eigenvalue weighted by molar-refractivity contribution is 5.16. The van der Waals surface area contributed by atoms with Gasteiger partial charge in [-0.15, -0.1) is 0 Å². The molecule has 2 heteroatoms. The van der Waals surface area contributed by atoms with Crippen molar-refractivity contribution in [2.75, 3.05) is 19.6 Å². The first-order chi connectivity index (χ1) is 9.12. The minimum Gasteiger partial charge on any atom is -0.312 e. The van der Waals surface area contributed by atoms with Crippen molar-refractivity contribution in [3.05, 3.63) is 35.9 Å². The van der Waals surface area contributed by atoms with Gasteiger partial charge in [0.05, 0.1) is 0 Å². The molecule has 2 rings (SSSR count). The minimum atomic E-state index is 0.320. The summed E-state index contributed by atoms with van der Waals surface area (Å²) in [6, 6.07) is 11.4. The summed E-state index contributed by atoms with van der Waals surface area (Å²) >= 11 is 0. The monoisotopic (exact) mass is 260 g/mol. The molecule has 0 spiro atoms. The van der Waals surface area contributed by atoms with Gasteiger partial charge in [-0.25, -0.2) is 0 Å². The molecule has 19 heavy (non-hydrogen) atoms. The van der Waals surface area contributed by atoms with E-state index in [0.29, 0.717) is 11.6 Å². The Balaban J connectivity index is 2.01. The van der Waals surface area contributed by atoms with Gasteiger partial charge in [-0.3, -0.25) is 4.90 Å². The van der Waals surface area contributed by atoms with Crippen molar-refractivity contribution in [3.8, 4) is 0 Å². The fourth-order valence-corrected chi connectivity index (χ4v) is 2.81. The predicted octanol–water partition coefficient (Wildman–Crippen LogP) is 3.08. The summed E-state index contributed by atoms with van der Waals surface area (Å²) in [7, 11) is 0. The Labute approximate surface area is 118 Å². The van der Waals surface area contributed by atoms with Crippen molar-refractivity contribution >= 4 is 0 Å². The number of hydrogen-bond donors (Lipinski definition) is 1. The van der Waals surface area contributed by atoms with Gasteiger partial charge in [0.1, 0.15) is 0 Å². The molecule has 0 amide bonds. The van der Waals surface area contributed by atoms with Crippen LogP contribution in [0, 0.1) is 0 Å². The number of rotatable bonds is 4. The van der Waals surface area contributed by atoms with Crippen LogP contribution in [0.5, 0.6) is 0 Å². The first kappa shape index (κ1) is 14.5. The van der Waals surface area contributed by atoms with E-state index in [1.165, 1.54) is 24.9 Å². The van der Waals surface area contributed by atoms with Crippen molar-refractivity contribution in [2.24, 2.45) is 0 Å². The number of nitrogens with one attached hydrogen (secondary N) is 1. The van der Waals surface area contributed by atoms with E-state index < -0.39 is 0 Å². The topological polar surface area (TPSA) is 15.3 Å². The molecule has 1 N–H and O–H groups in total. The summed E-state index contributed by atoms with van der Waals surface area (Å²) in [5.41, 5.74) is 1.76. The Morgan fingerprint density at radius 2 is 2.00 bits per heavy atom. The van der Waals surface area contributed by atoms with Crippen LogP contribution >= 0.6 is 0 Å². The molecule has 1 aromatic rings. The highest BCUT2D eigenvalue weighted by Crippen LogP contribution is 2.21. The van der Waals surface area contributed by atoms with Crippen LogP contribution in [0.4, 0.5) is 0 Å². The molecule has 0 aromatic heterocycles. The summed E-state index contributed by atoms with van der Waals surface area (Å²) in [4.78, 5) is 2.67. The van der Waals surface area contributed by atoms with Crippen LogP contribution in [0.1, 0.15) is 39.2 Å². The third-order valence-corrected chi connectivity index (χ3v) is 4.52. The third kappa shape index (κ3) is 4.05. The van der Waals surface area contributed by atoms with Crippen molar-refractivity contribution in [1.82, 2.24) is 10.2 Å². The Bertz CT molecular complexity index is 372. The number of benzene rings is 1. The van der Waals surface area contributed by atoms with Gasteiger partial charge in [0.25, 0.3) is 0 Å². The van der Waals surface area contributed by atoms with E-state index >= 15 is 0 Å². The van der Waals surface area contributed by atoms with Gasteiger partial charge in [0.2, 0.25) is 0 Å². The number of nitrogens with zero attached hydrogens (tertiary/aromatic N) is 1. The fourth-order valence-electron chi connectivity index (χ4n) is 2.81. The second kappa shape index (κ2) is 6.53. The number of hydrogen-bond acceptors (Lipinski definition) is 2. The lowest BCUT2D eigenvalue weighted by atomic mass is 9.97. The van der Waals surface area contributed by atoms with Crippen LogP contribution in [-0.2, 0) is 6.42 Å². The first-order valence-electron chi connectivity index (χ1n) is 7.64. The van der Waals surface area contributed by atoms with Crippen molar-refractivity contribution in [3.63, 3.8) is 0 Å². The molecule has 1 aliphatic rings. The molecule has 0 saturated carbocycles. The van der Waals surface area contributed by atoms with Gasteiger partial charge in [0.15, 0.2) is 0 Å². The molecular formula is C17H28N2. The van der Waals surface area contributed by atoms with Gasteiger partial charge in [-0.05, 0) is 51.8 Å². The maximum atomic E-state index is 3.71. The van der Waals surface area contributed by atoms with E-state index in [1.807, 2.05) is 0 Å². The SMILES string of the molecule is CCC(C)(C)N1CCCNC(Cc2ccccc2)C1. The molecule has 0 radical (unpaired) electrons. The lowest BCUT2D eigenvalue weighted by Crippen LogP contribution is -2.48. The summed E-state index contributed by atoms with van der Waals surface area (Å²) in [6.07, 6.45) is 3.61. The zero-order valence-corrected chi connectivity index (χ0v) is 12.7. The van der Waals surface area contributed by atoms with Crippen LogP contribution in [0.3, 0.4) is 0 Å². The van der Waals surface area contributed by atoms with Gasteiger partial charge >= 0.3 is 0 Å². The largest absolute Gasteiger partial charge is 0.312 e. The minimum absolute atomic E-state index is 0.320. The molecule has 1 fully saturated rings. The Morgan fingerprint density at radius 1 is 1.26 bits per heavy atom. The highest BCUT2D eigenvalue weighted by Gasteiger charge is 2.28. The smallest absolute Gasteiger partial charge is 0.0235 e. The molecule has 1 saturated heterocycles. The van der Waals surface area contributed by atoms with E-state index in [2.05, 4.69) is 61.3 Å². The fraction of sp³-hybridized carbons (Fsp3) is 0.647. The molecular weight excluding hydrogens is 232 g/mol. The van der Waals surface area contributed by atoms with E-state index in [4.69, 9.17) is 0 Å². The predicted molar refractivity (Wildman–Crippen MR) is 82.5 cm³/mol. The molecule has 106 valence electrons. The van der Waals surface area contributed by atoms with Crippen LogP contribution < -0.4 is 5.32 Å². The lowest BCUT2D eigenvalue weighted by Gasteiger charge is -2.38. The Morgan fingerprint density at radius 3 is 2.68 bits per heavy atom. The molecule has 1 heterocycles. The van der Waals surface area contributed by atoms with Crippen LogP contribution in [-0.4, -0.2) is 36.1 Å². The summed E-state index contributed by atoms with van der Waals surface area (Å²) in [5, 5.41) is 3.71. The zero-order valence-electron chi connectivity index (χ0n) is 12.7. The Kier molecular flexibility index (Phi) is 5.00. The Hall–Kier alpha value is -0.860. The summed E-state index contributed by atoms with van der Waals surface area (Å²) in [6.45, 7) is 10.6. The molecule has 1 aromatic carbocycles. The molecule has 2 nitrogen and oxygen atoms in total. The lowest BCUT2D eigenvalue weighted by molar-refractivity contribution is 0.113. The molecule has 1 unspecified atom stereocenters. The average Bonchev–Trinajstić information content (AvgIpc) is 2.66. The molecule has 0 aliphatic carbocycles. The summed E-state index contributed by atoms with van der Waals surface area (Å²) in [5.74, 6) is 0. The van der Waals surface area contributed by atoms with Crippen molar-refractivity contribution < 1.29 is 0 Å². The van der Waals surface area contributed by atoms with Gasteiger partial charge in [0, 0.05) is 18.1 Å². The molecule has 1 atom stereocenters. The van der Waals surface area contributed by atoms with E-state index in [-0.39, 0.29) is 0 Å². The second-order valence-electron chi connectivity index (χ2n) is 6.31. The van der Waals surface area contributed by atoms with E-state index in [1.54, 1.807) is 0 Å². The van der Waals surface area contributed by atoms with Gasteiger partial charge in [-0.2, -0.15) is 0 Å².